The van der Waals surface area contributed by atoms with Gasteiger partial charge in [0.1, 0.15) is 5.82 Å². The summed E-state index contributed by atoms with van der Waals surface area (Å²) in [4.78, 5) is 26.3. The summed E-state index contributed by atoms with van der Waals surface area (Å²) in [7, 11) is 0. The van der Waals surface area contributed by atoms with Gasteiger partial charge < -0.3 is 4.74 Å². The average molecular weight is 334 g/mol. The first-order valence-electron chi connectivity index (χ1n) is 8.61. The third-order valence-corrected chi connectivity index (χ3v) is 4.98. The van der Waals surface area contributed by atoms with Crippen molar-refractivity contribution in [1.29, 1.82) is 0 Å². The van der Waals surface area contributed by atoms with Gasteiger partial charge in [-0.2, -0.15) is 0 Å². The van der Waals surface area contributed by atoms with Gasteiger partial charge in [-0.25, -0.2) is 9.18 Å². The number of fused-ring (bicyclic) bond motifs is 1. The summed E-state index contributed by atoms with van der Waals surface area (Å²) >= 11 is 0. The van der Waals surface area contributed by atoms with E-state index in [1.807, 2.05) is 0 Å². The van der Waals surface area contributed by atoms with Crippen LogP contribution < -0.4 is 5.32 Å². The lowest BCUT2D eigenvalue weighted by atomic mass is 9.84. The first-order chi connectivity index (χ1) is 11.6. The van der Waals surface area contributed by atoms with Gasteiger partial charge in [0, 0.05) is 17.5 Å². The number of halogens is 1. The summed E-state index contributed by atoms with van der Waals surface area (Å²) in [5, 5.41) is 2.19. The minimum Gasteiger partial charge on any atom is -0.449 e. The third-order valence-electron chi connectivity index (χ3n) is 4.98. The Kier molecular flexibility index (Phi) is 5.45. The number of carbonyl (C=O) groups excluding carboxylic acids is 2. The molecular formula is C18H23FN2O3. The molecule has 2 heterocycles. The summed E-state index contributed by atoms with van der Waals surface area (Å²) in [5.41, 5.74) is 0.226. The molecule has 0 spiro atoms. The number of benzene rings is 1. The molecule has 1 aromatic carbocycles. The lowest BCUT2D eigenvalue weighted by Gasteiger charge is -2.44. The van der Waals surface area contributed by atoms with Gasteiger partial charge >= 0.3 is 6.09 Å². The SMILES string of the molecule is O=C(NC(=O)c1ccc(F)cc1)OC[C@@H]1CCCN2CCCC[C@@H]12. The molecule has 2 fully saturated rings. The monoisotopic (exact) mass is 334 g/mol. The molecule has 2 aliphatic rings. The van der Waals surface area contributed by atoms with E-state index in [4.69, 9.17) is 4.74 Å². The lowest BCUT2D eigenvalue weighted by molar-refractivity contribution is 0.0235. The van der Waals surface area contributed by atoms with Gasteiger partial charge in [0.25, 0.3) is 5.91 Å². The van der Waals surface area contributed by atoms with E-state index in [1.54, 1.807) is 0 Å². The second kappa shape index (κ2) is 7.75. The van der Waals surface area contributed by atoms with Crippen molar-refractivity contribution >= 4 is 12.0 Å². The third kappa shape index (κ3) is 4.12. The summed E-state index contributed by atoms with van der Waals surface area (Å²) < 4.78 is 18.1. The highest BCUT2D eigenvalue weighted by molar-refractivity contribution is 6.02. The minimum absolute atomic E-state index is 0.226. The van der Waals surface area contributed by atoms with Crippen LogP contribution >= 0.6 is 0 Å². The van der Waals surface area contributed by atoms with E-state index in [-0.39, 0.29) is 5.56 Å². The molecule has 0 aliphatic carbocycles. The Morgan fingerprint density at radius 1 is 1.12 bits per heavy atom. The highest BCUT2D eigenvalue weighted by Gasteiger charge is 2.33. The molecule has 1 N–H and O–H groups in total. The molecule has 2 atom stereocenters. The standard InChI is InChI=1S/C18H23FN2O3/c19-15-8-6-13(7-9-15)17(22)20-18(23)24-12-14-4-3-11-21-10-2-1-5-16(14)21/h6-9,14,16H,1-5,10-12H2,(H,20,22,23)/t14-,16-/m0/s1. The number of hydrogen-bond donors (Lipinski definition) is 1. The Morgan fingerprint density at radius 2 is 1.88 bits per heavy atom. The highest BCUT2D eigenvalue weighted by Crippen LogP contribution is 2.30. The fourth-order valence-corrected chi connectivity index (χ4v) is 3.76. The van der Waals surface area contributed by atoms with E-state index in [9.17, 15) is 14.0 Å². The van der Waals surface area contributed by atoms with Gasteiger partial charge in [0.15, 0.2) is 0 Å². The van der Waals surface area contributed by atoms with Gasteiger partial charge in [-0.3, -0.25) is 15.0 Å². The second-order valence-electron chi connectivity index (χ2n) is 6.56. The number of hydrogen-bond acceptors (Lipinski definition) is 4. The maximum absolute atomic E-state index is 12.8. The molecule has 0 bridgehead atoms. The van der Waals surface area contributed by atoms with Crippen LogP contribution in [0.1, 0.15) is 42.5 Å². The molecule has 0 radical (unpaired) electrons. The average Bonchev–Trinajstić information content (AvgIpc) is 2.60. The Hall–Kier alpha value is -1.95. The van der Waals surface area contributed by atoms with E-state index in [0.717, 1.165) is 32.4 Å². The predicted octanol–water partition coefficient (Wildman–Crippen LogP) is 2.96. The van der Waals surface area contributed by atoms with Gasteiger partial charge in [-0.05, 0) is 63.0 Å². The molecule has 0 aromatic heterocycles. The molecule has 0 saturated carbocycles. The molecule has 0 unspecified atom stereocenters. The van der Waals surface area contributed by atoms with Gasteiger partial charge in [0.2, 0.25) is 0 Å². The molecule has 2 aliphatic heterocycles. The molecule has 2 saturated heterocycles. The van der Waals surface area contributed by atoms with Crippen molar-refractivity contribution in [3.05, 3.63) is 35.6 Å². The van der Waals surface area contributed by atoms with Crippen molar-refractivity contribution in [3.63, 3.8) is 0 Å². The summed E-state index contributed by atoms with van der Waals surface area (Å²) in [6, 6.07) is 5.52. The molecule has 1 aromatic rings. The number of nitrogens with zero attached hydrogens (tertiary/aromatic N) is 1. The summed E-state index contributed by atoms with van der Waals surface area (Å²) in [6.07, 6.45) is 5.08. The number of nitrogens with one attached hydrogen (secondary N) is 1. The van der Waals surface area contributed by atoms with Crippen molar-refractivity contribution in [2.45, 2.75) is 38.1 Å². The molecule has 24 heavy (non-hydrogen) atoms. The van der Waals surface area contributed by atoms with E-state index in [0.29, 0.717) is 18.6 Å². The van der Waals surface area contributed by atoms with Crippen LogP contribution in [0.5, 0.6) is 0 Å². The number of piperidine rings is 2. The van der Waals surface area contributed by atoms with Crippen molar-refractivity contribution in [2.75, 3.05) is 19.7 Å². The van der Waals surface area contributed by atoms with Crippen molar-refractivity contribution in [2.24, 2.45) is 5.92 Å². The van der Waals surface area contributed by atoms with E-state index >= 15 is 0 Å². The molecule has 6 heteroatoms. The minimum atomic E-state index is -0.739. The highest BCUT2D eigenvalue weighted by atomic mass is 19.1. The Balaban J connectivity index is 1.48. The van der Waals surface area contributed by atoms with Crippen molar-refractivity contribution in [1.82, 2.24) is 10.2 Å². The number of alkyl carbamates (subject to hydrolysis) is 1. The van der Waals surface area contributed by atoms with Gasteiger partial charge in [-0.15, -0.1) is 0 Å². The van der Waals surface area contributed by atoms with Gasteiger partial charge in [0.05, 0.1) is 6.61 Å². The number of carbonyl (C=O) groups is 2. The summed E-state index contributed by atoms with van der Waals surface area (Å²) in [5.74, 6) is -0.669. The molecule has 3 rings (SSSR count). The van der Waals surface area contributed by atoms with Crippen LogP contribution in [-0.2, 0) is 4.74 Å². The predicted molar refractivity (Wildman–Crippen MR) is 87.2 cm³/mol. The number of amides is 2. The first kappa shape index (κ1) is 16.9. The second-order valence-corrected chi connectivity index (χ2v) is 6.56. The summed E-state index contributed by atoms with van der Waals surface area (Å²) in [6.45, 7) is 2.61. The largest absolute Gasteiger partial charge is 0.449 e. The van der Waals surface area contributed by atoms with Crippen LogP contribution in [-0.4, -0.2) is 42.6 Å². The zero-order chi connectivity index (χ0) is 16.9. The number of rotatable bonds is 3. The lowest BCUT2D eigenvalue weighted by Crippen LogP contribution is -2.49. The van der Waals surface area contributed by atoms with Crippen molar-refractivity contribution < 1.29 is 18.7 Å². The molecular weight excluding hydrogens is 311 g/mol. The Morgan fingerprint density at radius 3 is 2.67 bits per heavy atom. The zero-order valence-electron chi connectivity index (χ0n) is 13.7. The van der Waals surface area contributed by atoms with Crippen LogP contribution in [0.4, 0.5) is 9.18 Å². The Labute approximate surface area is 141 Å². The normalized spacial score (nSPS) is 24.0. The van der Waals surface area contributed by atoms with Crippen LogP contribution in [0.25, 0.3) is 0 Å². The van der Waals surface area contributed by atoms with Crippen LogP contribution in [0.15, 0.2) is 24.3 Å². The van der Waals surface area contributed by atoms with Crippen molar-refractivity contribution in [3.8, 4) is 0 Å². The smallest absolute Gasteiger partial charge is 0.414 e. The molecule has 2 amide bonds. The van der Waals surface area contributed by atoms with E-state index in [2.05, 4.69) is 10.2 Å². The van der Waals surface area contributed by atoms with Gasteiger partial charge in [-0.1, -0.05) is 6.42 Å². The quantitative estimate of drug-likeness (QED) is 0.923. The zero-order valence-corrected chi connectivity index (χ0v) is 13.7. The van der Waals surface area contributed by atoms with Crippen LogP contribution in [0, 0.1) is 11.7 Å². The maximum atomic E-state index is 12.8. The first-order valence-corrected chi connectivity index (χ1v) is 8.61. The fraction of sp³-hybridized carbons (Fsp3) is 0.556. The van der Waals surface area contributed by atoms with E-state index in [1.165, 1.54) is 37.1 Å². The van der Waals surface area contributed by atoms with Crippen LogP contribution in [0.2, 0.25) is 0 Å². The maximum Gasteiger partial charge on any atom is 0.414 e. The molecule has 5 nitrogen and oxygen atoms in total. The van der Waals surface area contributed by atoms with Crippen LogP contribution in [0.3, 0.4) is 0 Å². The van der Waals surface area contributed by atoms with E-state index < -0.39 is 17.8 Å². The fourth-order valence-electron chi connectivity index (χ4n) is 3.76. The Bertz CT molecular complexity index is 588. The molecule has 130 valence electrons. The number of imide groups is 1. The topological polar surface area (TPSA) is 58.6 Å². The number of ether oxygens (including phenoxy) is 1.